The van der Waals surface area contributed by atoms with Gasteiger partial charge in [-0.2, -0.15) is 0 Å². The molecular formula is C54H54Br2N6. The van der Waals surface area contributed by atoms with Crippen molar-refractivity contribution in [3.8, 4) is 44.5 Å². The molecule has 6 nitrogen and oxygen atoms in total. The number of nitrogens with one attached hydrogen (secondary N) is 2. The zero-order valence-corrected chi connectivity index (χ0v) is 40.0. The molecule has 7 aromatic rings. The molecule has 0 radical (unpaired) electrons. The van der Waals surface area contributed by atoms with Crippen LogP contribution in [0.5, 0.6) is 0 Å². The summed E-state index contributed by atoms with van der Waals surface area (Å²) in [6, 6.07) is 44.4. The topological polar surface area (TPSA) is 57.4 Å². The molecule has 4 aromatic carbocycles. The Morgan fingerprint density at radius 2 is 0.597 bits per heavy atom. The van der Waals surface area contributed by atoms with Crippen molar-refractivity contribution in [2.24, 2.45) is 0 Å². The van der Waals surface area contributed by atoms with Gasteiger partial charge in [-0.05, 0) is 84.7 Å². The fourth-order valence-corrected chi connectivity index (χ4v) is 8.51. The number of halogens is 2. The van der Waals surface area contributed by atoms with Gasteiger partial charge in [-0.3, -0.25) is 0 Å². The molecule has 0 fully saturated rings. The molecule has 2 aliphatic heterocycles. The third kappa shape index (κ3) is 9.39. The van der Waals surface area contributed by atoms with Crippen molar-refractivity contribution < 1.29 is 42.9 Å². The number of aromatic nitrogens is 4. The van der Waals surface area contributed by atoms with Gasteiger partial charge < -0.3 is 52.9 Å². The first-order valence-electron chi connectivity index (χ1n) is 20.8. The van der Waals surface area contributed by atoms with Gasteiger partial charge in [-0.25, -0.2) is 9.97 Å². The first-order valence-corrected chi connectivity index (χ1v) is 20.8. The lowest BCUT2D eigenvalue weighted by Crippen LogP contribution is -3.00. The van der Waals surface area contributed by atoms with Crippen molar-refractivity contribution in [3.05, 3.63) is 166 Å². The predicted octanol–water partition coefficient (Wildman–Crippen LogP) is 6.36. The monoisotopic (exact) mass is 944 g/mol. The van der Waals surface area contributed by atoms with Crippen LogP contribution in [-0.4, -0.2) is 71.2 Å². The Morgan fingerprint density at radius 1 is 0.355 bits per heavy atom. The van der Waals surface area contributed by atoms with Crippen LogP contribution >= 0.6 is 0 Å². The van der Waals surface area contributed by atoms with E-state index in [1.165, 1.54) is 22.3 Å². The number of fused-ring (bicyclic) bond motifs is 8. The maximum absolute atomic E-state index is 5.50. The molecule has 62 heavy (non-hydrogen) atoms. The molecule has 3 aromatic heterocycles. The third-order valence-electron chi connectivity index (χ3n) is 11.2. The molecule has 8 bridgehead atoms. The van der Waals surface area contributed by atoms with Crippen molar-refractivity contribution in [1.82, 2.24) is 19.9 Å². The molecule has 0 saturated heterocycles. The lowest BCUT2D eigenvalue weighted by molar-refractivity contribution is -0.884. The van der Waals surface area contributed by atoms with Gasteiger partial charge in [0.05, 0.1) is 65.1 Å². The largest absolute Gasteiger partial charge is 1.00 e. The maximum Gasteiger partial charge on any atom is 0.104 e. The average Bonchev–Trinajstić information content (AvgIpc) is 4.04. The molecule has 0 spiro atoms. The molecule has 9 rings (SSSR count). The zero-order valence-electron chi connectivity index (χ0n) is 36.8. The number of hydrogen-bond donors (Lipinski definition) is 2. The Hall–Kier alpha value is -5.64. The fourth-order valence-electron chi connectivity index (χ4n) is 8.51. The summed E-state index contributed by atoms with van der Waals surface area (Å²) >= 11 is 0. The van der Waals surface area contributed by atoms with E-state index in [9.17, 15) is 0 Å². The highest BCUT2D eigenvalue weighted by molar-refractivity contribution is 5.99. The molecule has 0 amide bonds. The normalized spacial score (nSPS) is 12.3. The summed E-state index contributed by atoms with van der Waals surface area (Å²) in [6.45, 7) is 6.15. The summed E-state index contributed by atoms with van der Waals surface area (Å²) < 4.78 is 1.72. The minimum atomic E-state index is 0. The third-order valence-corrected chi connectivity index (χ3v) is 11.2. The Labute approximate surface area is 387 Å². The minimum Gasteiger partial charge on any atom is -1.00 e. The quantitative estimate of drug-likeness (QED) is 0.175. The van der Waals surface area contributed by atoms with Crippen LogP contribution in [0.2, 0.25) is 0 Å². The van der Waals surface area contributed by atoms with E-state index in [0.717, 1.165) is 111 Å². The van der Waals surface area contributed by atoms with Crippen LogP contribution in [0.25, 0.3) is 90.9 Å². The van der Waals surface area contributed by atoms with Gasteiger partial charge in [0, 0.05) is 55.4 Å². The number of H-pyrrole nitrogens is 2. The van der Waals surface area contributed by atoms with E-state index >= 15 is 0 Å². The van der Waals surface area contributed by atoms with E-state index in [1.54, 1.807) is 0 Å². The summed E-state index contributed by atoms with van der Waals surface area (Å²) in [5, 5.41) is 0. The lowest BCUT2D eigenvalue weighted by atomic mass is 10.0. The smallest absolute Gasteiger partial charge is 0.104 e. The van der Waals surface area contributed by atoms with Crippen molar-refractivity contribution in [1.29, 1.82) is 0 Å². The van der Waals surface area contributed by atoms with Crippen molar-refractivity contribution in [2.75, 3.05) is 42.3 Å². The molecule has 2 N–H and O–H groups in total. The van der Waals surface area contributed by atoms with Crippen LogP contribution < -0.4 is 34.0 Å². The van der Waals surface area contributed by atoms with Crippen LogP contribution in [0.15, 0.2) is 121 Å². The van der Waals surface area contributed by atoms with Crippen LogP contribution in [0.3, 0.4) is 0 Å². The second-order valence-electron chi connectivity index (χ2n) is 18.5. The second-order valence-corrected chi connectivity index (χ2v) is 18.5. The summed E-state index contributed by atoms with van der Waals surface area (Å²) in [5.74, 6) is 0. The summed E-state index contributed by atoms with van der Waals surface area (Å²) in [5.41, 5.74) is 21.3. The first kappa shape index (κ1) is 44.4. The van der Waals surface area contributed by atoms with Crippen molar-refractivity contribution in [3.63, 3.8) is 0 Å². The number of aryl methyl sites for hydroxylation is 2. The second kappa shape index (κ2) is 17.6. The summed E-state index contributed by atoms with van der Waals surface area (Å²) in [7, 11) is 13.4. The van der Waals surface area contributed by atoms with E-state index in [4.69, 9.17) is 9.97 Å². The molecule has 2 aliphatic rings. The Balaban J connectivity index is 0.00000289. The molecule has 5 heterocycles. The summed E-state index contributed by atoms with van der Waals surface area (Å²) in [6.07, 6.45) is 8.69. The van der Waals surface area contributed by atoms with Crippen molar-refractivity contribution >= 4 is 46.4 Å². The molecule has 0 atom stereocenters. The van der Waals surface area contributed by atoms with Gasteiger partial charge in [0.1, 0.15) is 13.1 Å². The highest BCUT2D eigenvalue weighted by atomic mass is 79.9. The van der Waals surface area contributed by atoms with E-state index in [1.807, 2.05) is 0 Å². The SMILES string of the molecule is Cc1ccc(-c2c3nc(c(-c4ccc(C[N+](C)(C)C)cc4)c4ccc([nH]4)c(-c4ccc(C)cc4)c4nc(c(-c5ccc(C[N+](C)(C)C)cc5)c5ccc2[nH]5)C=C4)C=C3)cc1.[Br-].[Br-]. The maximum atomic E-state index is 5.50. The van der Waals surface area contributed by atoms with E-state index in [0.29, 0.717) is 0 Å². The standard InChI is InChI=1S/C54H54N6.2BrH/c1-35-9-17-39(18-10-35)51-43-25-29-47(55-43)53(41-21-13-37(14-22-41)33-59(3,4)5)49-31-27-45(57-49)52(40-19-11-36(2)12-20-40)46-28-32-50(58-46)54(48-30-26-44(51)56-48)42-23-15-38(16-24-42)34-60(6,7)8;;/h9-32,55,58H,33-34H2,1-8H3;2*1H/q+2;;/p-2. The zero-order chi connectivity index (χ0) is 41.8. The fraction of sp³-hybridized carbons (Fsp3) is 0.185. The Bertz CT molecular complexity index is 2770. The van der Waals surface area contributed by atoms with Crippen LogP contribution in [-0.2, 0) is 13.1 Å². The van der Waals surface area contributed by atoms with Gasteiger partial charge in [0.25, 0.3) is 0 Å². The van der Waals surface area contributed by atoms with Crippen LogP contribution in [0.4, 0.5) is 0 Å². The van der Waals surface area contributed by atoms with Gasteiger partial charge >= 0.3 is 0 Å². The predicted molar refractivity (Wildman–Crippen MR) is 254 cm³/mol. The molecular weight excluding hydrogens is 892 g/mol. The molecule has 0 aliphatic carbocycles. The number of nitrogens with zero attached hydrogens (tertiary/aromatic N) is 4. The van der Waals surface area contributed by atoms with E-state index in [-0.39, 0.29) is 34.0 Å². The minimum absolute atomic E-state index is 0. The molecule has 0 unspecified atom stereocenters. The summed E-state index contributed by atoms with van der Waals surface area (Å²) in [4.78, 5) is 18.8. The average molecular weight is 947 g/mol. The van der Waals surface area contributed by atoms with E-state index < -0.39 is 0 Å². The van der Waals surface area contributed by atoms with Crippen LogP contribution in [0, 0.1) is 13.8 Å². The lowest BCUT2D eigenvalue weighted by Gasteiger charge is -2.24. The number of aromatic amines is 2. The van der Waals surface area contributed by atoms with Gasteiger partial charge in [-0.15, -0.1) is 0 Å². The molecule has 314 valence electrons. The van der Waals surface area contributed by atoms with Gasteiger partial charge in [0.15, 0.2) is 0 Å². The molecule has 0 saturated carbocycles. The Morgan fingerprint density at radius 3 is 0.839 bits per heavy atom. The highest BCUT2D eigenvalue weighted by Gasteiger charge is 2.20. The van der Waals surface area contributed by atoms with Gasteiger partial charge in [-0.1, -0.05) is 108 Å². The molecule has 8 heteroatoms. The highest BCUT2D eigenvalue weighted by Crippen LogP contribution is 2.39. The van der Waals surface area contributed by atoms with Gasteiger partial charge in [0.2, 0.25) is 0 Å². The number of quaternary nitrogens is 2. The van der Waals surface area contributed by atoms with Crippen LogP contribution in [0.1, 0.15) is 45.0 Å². The number of hydrogen-bond acceptors (Lipinski definition) is 2. The first-order chi connectivity index (χ1) is 28.7. The van der Waals surface area contributed by atoms with E-state index in [2.05, 4.69) is 212 Å². The number of benzene rings is 4. The van der Waals surface area contributed by atoms with Crippen molar-refractivity contribution in [2.45, 2.75) is 26.9 Å². The Kier molecular flexibility index (Phi) is 12.6. The number of rotatable bonds is 8.